The normalized spacial score (nSPS) is 15.7. The van der Waals surface area contributed by atoms with E-state index in [4.69, 9.17) is 4.74 Å². The highest BCUT2D eigenvalue weighted by molar-refractivity contribution is 5.87. The molecule has 0 atom stereocenters. The van der Waals surface area contributed by atoms with E-state index in [1.165, 1.54) is 6.42 Å². The molecule has 0 N–H and O–H groups in total. The molecule has 0 unspecified atom stereocenters. The van der Waals surface area contributed by atoms with E-state index in [1.807, 2.05) is 0 Å². The Bertz CT molecular complexity index is 389. The molecule has 1 saturated heterocycles. The third-order valence-corrected chi connectivity index (χ3v) is 2.77. The van der Waals surface area contributed by atoms with E-state index >= 15 is 0 Å². The Morgan fingerprint density at radius 1 is 1.41 bits per heavy atom. The molecule has 1 aromatic rings. The summed E-state index contributed by atoms with van der Waals surface area (Å²) < 4.78 is 4.92. The zero-order chi connectivity index (χ0) is 12.1. The van der Waals surface area contributed by atoms with Gasteiger partial charge in [-0.3, -0.25) is 0 Å². The van der Waals surface area contributed by atoms with Gasteiger partial charge in [-0.15, -0.1) is 0 Å². The monoisotopic (exact) mass is 235 g/mol. The van der Waals surface area contributed by atoms with Gasteiger partial charge in [0.2, 0.25) is 5.95 Å². The van der Waals surface area contributed by atoms with Crippen LogP contribution in [0.2, 0.25) is 0 Å². The maximum absolute atomic E-state index is 11.5. The Morgan fingerprint density at radius 2 is 2.18 bits per heavy atom. The quantitative estimate of drug-likeness (QED) is 0.745. The van der Waals surface area contributed by atoms with Gasteiger partial charge >= 0.3 is 5.97 Å². The van der Waals surface area contributed by atoms with Crippen molar-refractivity contribution in [3.8, 4) is 0 Å². The second-order valence-electron chi connectivity index (χ2n) is 4.01. The molecule has 0 radical (unpaired) electrons. The Hall–Kier alpha value is -1.65. The Labute approximate surface area is 101 Å². The molecule has 5 nitrogen and oxygen atoms in total. The van der Waals surface area contributed by atoms with Gasteiger partial charge in [0.1, 0.15) is 0 Å². The van der Waals surface area contributed by atoms with Crippen molar-refractivity contribution in [2.75, 3.05) is 24.6 Å². The van der Waals surface area contributed by atoms with E-state index in [2.05, 4.69) is 14.9 Å². The van der Waals surface area contributed by atoms with Crippen LogP contribution in [0.3, 0.4) is 0 Å². The van der Waals surface area contributed by atoms with E-state index in [0.717, 1.165) is 25.9 Å². The SMILES string of the molecule is CCOC(=O)c1ccnc(N2CCCCC2)n1. The van der Waals surface area contributed by atoms with E-state index in [-0.39, 0.29) is 5.97 Å². The molecule has 17 heavy (non-hydrogen) atoms. The third kappa shape index (κ3) is 2.93. The van der Waals surface area contributed by atoms with Crippen molar-refractivity contribution < 1.29 is 9.53 Å². The van der Waals surface area contributed by atoms with Crippen molar-refractivity contribution in [2.45, 2.75) is 26.2 Å². The lowest BCUT2D eigenvalue weighted by atomic mass is 10.1. The van der Waals surface area contributed by atoms with Gasteiger partial charge in [0, 0.05) is 19.3 Å². The second-order valence-corrected chi connectivity index (χ2v) is 4.01. The minimum absolute atomic E-state index is 0.336. The van der Waals surface area contributed by atoms with E-state index in [1.54, 1.807) is 19.2 Å². The van der Waals surface area contributed by atoms with Gasteiger partial charge in [0.15, 0.2) is 5.69 Å². The van der Waals surface area contributed by atoms with Crippen LogP contribution in [-0.4, -0.2) is 35.6 Å². The van der Waals surface area contributed by atoms with Crippen LogP contribution in [0.5, 0.6) is 0 Å². The van der Waals surface area contributed by atoms with Crippen LogP contribution in [-0.2, 0) is 4.74 Å². The lowest BCUT2D eigenvalue weighted by molar-refractivity contribution is 0.0519. The van der Waals surface area contributed by atoms with Crippen LogP contribution < -0.4 is 4.90 Å². The molecule has 92 valence electrons. The molecule has 1 aromatic heterocycles. The minimum atomic E-state index is -0.381. The average molecular weight is 235 g/mol. The standard InChI is InChI=1S/C12H17N3O2/c1-2-17-11(16)10-6-7-13-12(14-10)15-8-4-3-5-9-15/h6-7H,2-5,8-9H2,1H3. The van der Waals surface area contributed by atoms with Crippen molar-refractivity contribution in [2.24, 2.45) is 0 Å². The zero-order valence-electron chi connectivity index (χ0n) is 10.1. The van der Waals surface area contributed by atoms with Gasteiger partial charge in [0.25, 0.3) is 0 Å². The van der Waals surface area contributed by atoms with Crippen molar-refractivity contribution >= 4 is 11.9 Å². The largest absolute Gasteiger partial charge is 0.461 e. The highest BCUT2D eigenvalue weighted by atomic mass is 16.5. The molecular formula is C12H17N3O2. The topological polar surface area (TPSA) is 55.3 Å². The van der Waals surface area contributed by atoms with Gasteiger partial charge < -0.3 is 9.64 Å². The number of rotatable bonds is 3. The van der Waals surface area contributed by atoms with Gasteiger partial charge in [-0.2, -0.15) is 0 Å². The van der Waals surface area contributed by atoms with Gasteiger partial charge in [-0.25, -0.2) is 14.8 Å². The predicted molar refractivity (Wildman–Crippen MR) is 64.1 cm³/mol. The molecule has 0 aliphatic carbocycles. The lowest BCUT2D eigenvalue weighted by Crippen LogP contribution is -2.31. The number of esters is 1. The molecule has 0 bridgehead atoms. The third-order valence-electron chi connectivity index (χ3n) is 2.77. The fraction of sp³-hybridized carbons (Fsp3) is 0.583. The Morgan fingerprint density at radius 3 is 2.88 bits per heavy atom. The molecule has 1 aliphatic heterocycles. The number of nitrogens with zero attached hydrogens (tertiary/aromatic N) is 3. The Balaban J connectivity index is 2.12. The van der Waals surface area contributed by atoms with Crippen molar-refractivity contribution in [3.63, 3.8) is 0 Å². The van der Waals surface area contributed by atoms with Gasteiger partial charge in [-0.05, 0) is 32.3 Å². The molecule has 5 heteroatoms. The molecule has 0 amide bonds. The van der Waals surface area contributed by atoms with Crippen molar-refractivity contribution in [3.05, 3.63) is 18.0 Å². The van der Waals surface area contributed by atoms with Crippen LogP contribution >= 0.6 is 0 Å². The molecule has 1 fully saturated rings. The smallest absolute Gasteiger partial charge is 0.357 e. The summed E-state index contributed by atoms with van der Waals surface area (Å²) in [7, 11) is 0. The van der Waals surface area contributed by atoms with Crippen molar-refractivity contribution in [1.29, 1.82) is 0 Å². The van der Waals surface area contributed by atoms with E-state index in [9.17, 15) is 4.79 Å². The van der Waals surface area contributed by atoms with Crippen molar-refractivity contribution in [1.82, 2.24) is 9.97 Å². The van der Waals surface area contributed by atoms with Crippen LogP contribution in [0.15, 0.2) is 12.3 Å². The second kappa shape index (κ2) is 5.61. The van der Waals surface area contributed by atoms with Crippen LogP contribution in [0.1, 0.15) is 36.7 Å². The molecular weight excluding hydrogens is 218 g/mol. The van der Waals surface area contributed by atoms with Crippen LogP contribution in [0.4, 0.5) is 5.95 Å². The summed E-state index contributed by atoms with van der Waals surface area (Å²) in [5.41, 5.74) is 0.336. The first kappa shape index (κ1) is 11.8. The number of aromatic nitrogens is 2. The molecule has 1 aliphatic rings. The number of ether oxygens (including phenoxy) is 1. The summed E-state index contributed by atoms with van der Waals surface area (Å²) in [6.07, 6.45) is 5.19. The average Bonchev–Trinajstić information content (AvgIpc) is 2.40. The summed E-state index contributed by atoms with van der Waals surface area (Å²) in [6, 6.07) is 1.59. The number of carbonyl (C=O) groups excluding carboxylic acids is 1. The highest BCUT2D eigenvalue weighted by Crippen LogP contribution is 2.15. The van der Waals surface area contributed by atoms with Crippen LogP contribution in [0, 0.1) is 0 Å². The Kier molecular flexibility index (Phi) is 3.90. The van der Waals surface area contributed by atoms with Gasteiger partial charge in [-0.1, -0.05) is 0 Å². The number of hydrogen-bond donors (Lipinski definition) is 0. The molecule has 2 heterocycles. The molecule has 2 rings (SSSR count). The molecule has 0 spiro atoms. The first-order valence-electron chi connectivity index (χ1n) is 6.06. The first-order chi connectivity index (χ1) is 8.31. The molecule has 0 aromatic carbocycles. The number of anilines is 1. The summed E-state index contributed by atoms with van der Waals surface area (Å²) in [5, 5.41) is 0. The van der Waals surface area contributed by atoms with Gasteiger partial charge in [0.05, 0.1) is 6.61 Å². The summed E-state index contributed by atoms with van der Waals surface area (Å²) in [6.45, 7) is 4.07. The summed E-state index contributed by atoms with van der Waals surface area (Å²) in [5.74, 6) is 0.253. The predicted octanol–water partition coefficient (Wildman–Crippen LogP) is 1.64. The first-order valence-corrected chi connectivity index (χ1v) is 6.06. The van der Waals surface area contributed by atoms with E-state index < -0.39 is 0 Å². The lowest BCUT2D eigenvalue weighted by Gasteiger charge is -2.26. The number of piperidine rings is 1. The van der Waals surface area contributed by atoms with E-state index in [0.29, 0.717) is 18.2 Å². The zero-order valence-corrected chi connectivity index (χ0v) is 10.1. The maximum Gasteiger partial charge on any atom is 0.357 e. The maximum atomic E-state index is 11.5. The summed E-state index contributed by atoms with van der Waals surface area (Å²) in [4.78, 5) is 22.1. The fourth-order valence-corrected chi connectivity index (χ4v) is 1.91. The highest BCUT2D eigenvalue weighted by Gasteiger charge is 2.16. The van der Waals surface area contributed by atoms with Crippen LogP contribution in [0.25, 0.3) is 0 Å². The number of hydrogen-bond acceptors (Lipinski definition) is 5. The number of carbonyl (C=O) groups is 1. The minimum Gasteiger partial charge on any atom is -0.461 e. The summed E-state index contributed by atoms with van der Waals surface area (Å²) >= 11 is 0. The molecule has 0 saturated carbocycles. The fourth-order valence-electron chi connectivity index (χ4n) is 1.91.